The minimum atomic E-state index is -0.285. The fraction of sp³-hybridized carbons (Fsp3) is 0.0769. The van der Waals surface area contributed by atoms with Gasteiger partial charge in [-0.25, -0.2) is 4.98 Å². The standard InChI is InChI=1S/C13H9BrCl2N2O/c1-7-2-3-9(14)5-11(7)18-13(19)8-4-10(15)12(16)17-6-8/h2-6H,1H3,(H,18,19). The number of amides is 1. The molecule has 0 bridgehead atoms. The van der Waals surface area contributed by atoms with E-state index < -0.39 is 0 Å². The number of rotatable bonds is 2. The summed E-state index contributed by atoms with van der Waals surface area (Å²) in [7, 11) is 0. The van der Waals surface area contributed by atoms with Crippen molar-refractivity contribution in [2.75, 3.05) is 5.32 Å². The van der Waals surface area contributed by atoms with E-state index in [4.69, 9.17) is 23.2 Å². The second kappa shape index (κ2) is 5.90. The molecule has 0 aliphatic heterocycles. The van der Waals surface area contributed by atoms with Crippen LogP contribution in [0.2, 0.25) is 10.2 Å². The molecule has 0 atom stereocenters. The van der Waals surface area contributed by atoms with Gasteiger partial charge in [0.05, 0.1) is 10.6 Å². The number of carbonyl (C=O) groups is 1. The van der Waals surface area contributed by atoms with Crippen molar-refractivity contribution in [2.24, 2.45) is 0 Å². The molecule has 2 aromatic rings. The number of hydrogen-bond donors (Lipinski definition) is 1. The van der Waals surface area contributed by atoms with Crippen LogP contribution in [0.25, 0.3) is 0 Å². The van der Waals surface area contributed by atoms with Gasteiger partial charge in [0.1, 0.15) is 5.15 Å². The number of aryl methyl sites for hydroxylation is 1. The van der Waals surface area contributed by atoms with E-state index in [1.807, 2.05) is 25.1 Å². The predicted molar refractivity (Wildman–Crippen MR) is 81.1 cm³/mol. The molecule has 2 rings (SSSR count). The zero-order valence-corrected chi connectivity index (χ0v) is 13.0. The Hall–Kier alpha value is -1.10. The summed E-state index contributed by atoms with van der Waals surface area (Å²) in [6.45, 7) is 1.91. The number of pyridine rings is 1. The first-order chi connectivity index (χ1) is 8.97. The van der Waals surface area contributed by atoms with Gasteiger partial charge >= 0.3 is 0 Å². The average molecular weight is 360 g/mol. The summed E-state index contributed by atoms with van der Waals surface area (Å²) < 4.78 is 0.890. The Balaban J connectivity index is 2.25. The Labute approximate surface area is 129 Å². The van der Waals surface area contributed by atoms with E-state index in [1.54, 1.807) is 0 Å². The highest BCUT2D eigenvalue weighted by atomic mass is 79.9. The lowest BCUT2D eigenvalue weighted by molar-refractivity contribution is 0.102. The molecule has 1 aromatic heterocycles. The zero-order chi connectivity index (χ0) is 14.0. The molecule has 1 aromatic carbocycles. The first-order valence-corrected chi connectivity index (χ1v) is 6.91. The maximum Gasteiger partial charge on any atom is 0.257 e. The minimum Gasteiger partial charge on any atom is -0.322 e. The van der Waals surface area contributed by atoms with Gasteiger partial charge in [-0.15, -0.1) is 0 Å². The second-order valence-electron chi connectivity index (χ2n) is 3.91. The SMILES string of the molecule is Cc1ccc(Br)cc1NC(=O)c1cnc(Cl)c(Cl)c1. The van der Waals surface area contributed by atoms with Gasteiger partial charge in [0, 0.05) is 16.4 Å². The van der Waals surface area contributed by atoms with Crippen molar-refractivity contribution >= 4 is 50.7 Å². The Morgan fingerprint density at radius 3 is 2.74 bits per heavy atom. The van der Waals surface area contributed by atoms with Gasteiger partial charge in [-0.05, 0) is 30.7 Å². The van der Waals surface area contributed by atoms with Crippen molar-refractivity contribution in [3.8, 4) is 0 Å². The van der Waals surface area contributed by atoms with Crippen LogP contribution in [0.4, 0.5) is 5.69 Å². The van der Waals surface area contributed by atoms with Crippen molar-refractivity contribution in [3.05, 3.63) is 56.2 Å². The first kappa shape index (κ1) is 14.3. The van der Waals surface area contributed by atoms with Gasteiger partial charge in [0.25, 0.3) is 5.91 Å². The highest BCUT2D eigenvalue weighted by Gasteiger charge is 2.10. The summed E-state index contributed by atoms with van der Waals surface area (Å²) in [4.78, 5) is 15.9. The lowest BCUT2D eigenvalue weighted by atomic mass is 10.2. The van der Waals surface area contributed by atoms with E-state index in [1.165, 1.54) is 12.3 Å². The van der Waals surface area contributed by atoms with Gasteiger partial charge in [0.2, 0.25) is 0 Å². The van der Waals surface area contributed by atoms with E-state index in [0.717, 1.165) is 15.7 Å². The molecule has 0 aliphatic carbocycles. The van der Waals surface area contributed by atoms with Gasteiger partial charge in [-0.2, -0.15) is 0 Å². The number of hydrogen-bond acceptors (Lipinski definition) is 2. The average Bonchev–Trinajstić information content (AvgIpc) is 2.37. The lowest BCUT2D eigenvalue weighted by Crippen LogP contribution is -2.13. The van der Waals surface area contributed by atoms with Crippen LogP contribution in [0.3, 0.4) is 0 Å². The minimum absolute atomic E-state index is 0.178. The van der Waals surface area contributed by atoms with Crippen LogP contribution in [-0.2, 0) is 0 Å². The molecule has 0 radical (unpaired) electrons. The number of anilines is 1. The molecule has 1 heterocycles. The fourth-order valence-corrected chi connectivity index (χ4v) is 2.10. The molecule has 0 spiro atoms. The van der Waals surface area contributed by atoms with Crippen molar-refractivity contribution in [1.82, 2.24) is 4.98 Å². The largest absolute Gasteiger partial charge is 0.322 e. The predicted octanol–water partition coefficient (Wildman–Crippen LogP) is 4.71. The maximum atomic E-state index is 12.1. The summed E-state index contributed by atoms with van der Waals surface area (Å²) in [5, 5.41) is 3.23. The summed E-state index contributed by atoms with van der Waals surface area (Å²) in [6.07, 6.45) is 1.39. The topological polar surface area (TPSA) is 42.0 Å². The number of nitrogens with one attached hydrogen (secondary N) is 1. The zero-order valence-electron chi connectivity index (χ0n) is 9.88. The second-order valence-corrected chi connectivity index (χ2v) is 5.59. The number of carbonyl (C=O) groups excluding carboxylic acids is 1. The van der Waals surface area contributed by atoms with Crippen LogP contribution in [0.15, 0.2) is 34.9 Å². The van der Waals surface area contributed by atoms with Crippen LogP contribution in [0, 0.1) is 6.92 Å². The fourth-order valence-electron chi connectivity index (χ4n) is 1.47. The van der Waals surface area contributed by atoms with Crippen LogP contribution < -0.4 is 5.32 Å². The number of halogens is 3. The third-order valence-corrected chi connectivity index (χ3v) is 3.69. The summed E-state index contributed by atoms with van der Waals surface area (Å²) in [5.74, 6) is -0.285. The van der Waals surface area contributed by atoms with Gasteiger partial charge in [-0.1, -0.05) is 45.2 Å². The van der Waals surface area contributed by atoms with E-state index >= 15 is 0 Å². The summed E-state index contributed by atoms with van der Waals surface area (Å²) >= 11 is 14.9. The first-order valence-electron chi connectivity index (χ1n) is 5.36. The highest BCUT2D eigenvalue weighted by Crippen LogP contribution is 2.23. The summed E-state index contributed by atoms with van der Waals surface area (Å²) in [6, 6.07) is 7.14. The van der Waals surface area contributed by atoms with Crippen molar-refractivity contribution in [2.45, 2.75) is 6.92 Å². The quantitative estimate of drug-likeness (QED) is 0.789. The Bertz CT molecular complexity index is 647. The normalized spacial score (nSPS) is 10.3. The molecule has 1 amide bonds. The molecule has 0 fully saturated rings. The van der Waals surface area contributed by atoms with Crippen molar-refractivity contribution in [3.63, 3.8) is 0 Å². The molecule has 98 valence electrons. The Morgan fingerprint density at radius 1 is 1.32 bits per heavy atom. The van der Waals surface area contributed by atoms with Crippen LogP contribution in [0.1, 0.15) is 15.9 Å². The molecule has 0 aliphatic rings. The summed E-state index contributed by atoms with van der Waals surface area (Å²) in [5.41, 5.74) is 2.05. The van der Waals surface area contributed by atoms with Crippen molar-refractivity contribution < 1.29 is 4.79 Å². The van der Waals surface area contributed by atoms with Crippen LogP contribution >= 0.6 is 39.1 Å². The van der Waals surface area contributed by atoms with Crippen molar-refractivity contribution in [1.29, 1.82) is 0 Å². The molecule has 0 unspecified atom stereocenters. The van der Waals surface area contributed by atoms with Crippen LogP contribution in [-0.4, -0.2) is 10.9 Å². The van der Waals surface area contributed by atoms with Gasteiger partial charge < -0.3 is 5.32 Å². The van der Waals surface area contributed by atoms with E-state index in [2.05, 4.69) is 26.2 Å². The molecule has 0 saturated carbocycles. The van der Waals surface area contributed by atoms with Gasteiger partial charge in [0.15, 0.2) is 0 Å². The van der Waals surface area contributed by atoms with E-state index in [9.17, 15) is 4.79 Å². The molecular formula is C13H9BrCl2N2O. The Morgan fingerprint density at radius 2 is 2.05 bits per heavy atom. The molecular weight excluding hydrogens is 351 g/mol. The monoisotopic (exact) mass is 358 g/mol. The third kappa shape index (κ3) is 3.47. The molecule has 6 heteroatoms. The number of benzene rings is 1. The lowest BCUT2D eigenvalue weighted by Gasteiger charge is -2.09. The number of nitrogens with zero attached hydrogens (tertiary/aromatic N) is 1. The molecule has 1 N–H and O–H groups in total. The number of aromatic nitrogens is 1. The van der Waals surface area contributed by atoms with Gasteiger partial charge in [-0.3, -0.25) is 4.79 Å². The maximum absolute atomic E-state index is 12.1. The van der Waals surface area contributed by atoms with E-state index in [0.29, 0.717) is 5.56 Å². The Kier molecular flexibility index (Phi) is 4.45. The smallest absolute Gasteiger partial charge is 0.257 e. The molecule has 0 saturated heterocycles. The molecule has 3 nitrogen and oxygen atoms in total. The molecule has 19 heavy (non-hydrogen) atoms. The van der Waals surface area contributed by atoms with Crippen LogP contribution in [0.5, 0.6) is 0 Å². The highest BCUT2D eigenvalue weighted by molar-refractivity contribution is 9.10. The van der Waals surface area contributed by atoms with E-state index in [-0.39, 0.29) is 16.1 Å². The third-order valence-electron chi connectivity index (χ3n) is 2.51.